The lowest BCUT2D eigenvalue weighted by Gasteiger charge is -2.25. The number of hydrogen-bond donors (Lipinski definition) is 0. The molecule has 0 amide bonds. The molecule has 4 heteroatoms. The number of rotatable bonds is 4. The summed E-state index contributed by atoms with van der Waals surface area (Å²) in [4.78, 5) is 12.0. The van der Waals surface area contributed by atoms with E-state index in [2.05, 4.69) is 0 Å². The molecule has 2 rings (SSSR count). The van der Waals surface area contributed by atoms with Crippen molar-refractivity contribution in [3.63, 3.8) is 0 Å². The topological polar surface area (TPSA) is 35.5 Å². The zero-order valence-corrected chi connectivity index (χ0v) is 11.9. The van der Waals surface area contributed by atoms with Crippen LogP contribution in [0.2, 0.25) is 5.02 Å². The molecule has 1 unspecified atom stereocenters. The second-order valence-electron chi connectivity index (χ2n) is 4.92. The number of esters is 1. The predicted octanol–water partition coefficient (Wildman–Crippen LogP) is 3.41. The van der Waals surface area contributed by atoms with Crippen molar-refractivity contribution in [3.05, 3.63) is 34.9 Å². The third-order valence-electron chi connectivity index (χ3n) is 3.67. The molecule has 0 N–H and O–H groups in total. The minimum atomic E-state index is -0.203. The summed E-state index contributed by atoms with van der Waals surface area (Å²) < 4.78 is 10.3. The highest BCUT2D eigenvalue weighted by molar-refractivity contribution is 6.30. The van der Waals surface area contributed by atoms with Crippen molar-refractivity contribution in [2.24, 2.45) is 5.92 Å². The Morgan fingerprint density at radius 2 is 2.00 bits per heavy atom. The molecule has 1 atom stereocenters. The SMILES string of the molecule is COC(=O)C(CC1CCOCC1)c1ccc(Cl)cc1. The maximum Gasteiger partial charge on any atom is 0.313 e. The number of hydrogen-bond acceptors (Lipinski definition) is 3. The molecule has 104 valence electrons. The Balaban J connectivity index is 2.10. The van der Waals surface area contributed by atoms with Crippen molar-refractivity contribution in [2.45, 2.75) is 25.2 Å². The molecule has 1 fully saturated rings. The first kappa shape index (κ1) is 14.4. The van der Waals surface area contributed by atoms with Crippen LogP contribution in [-0.4, -0.2) is 26.3 Å². The first-order valence-electron chi connectivity index (χ1n) is 6.61. The standard InChI is InChI=1S/C15H19ClO3/c1-18-15(17)14(10-11-6-8-19-9-7-11)12-2-4-13(16)5-3-12/h2-5,11,14H,6-10H2,1H3. The Morgan fingerprint density at radius 3 is 2.58 bits per heavy atom. The third-order valence-corrected chi connectivity index (χ3v) is 3.92. The smallest absolute Gasteiger partial charge is 0.313 e. The predicted molar refractivity (Wildman–Crippen MR) is 74.4 cm³/mol. The largest absolute Gasteiger partial charge is 0.469 e. The number of halogens is 1. The molecule has 0 radical (unpaired) electrons. The van der Waals surface area contributed by atoms with Crippen LogP contribution in [0.3, 0.4) is 0 Å². The van der Waals surface area contributed by atoms with Crippen molar-refractivity contribution in [1.29, 1.82) is 0 Å². The molecule has 1 heterocycles. The number of ether oxygens (including phenoxy) is 2. The van der Waals surface area contributed by atoms with Gasteiger partial charge in [-0.2, -0.15) is 0 Å². The lowest BCUT2D eigenvalue weighted by Crippen LogP contribution is -2.22. The summed E-state index contributed by atoms with van der Waals surface area (Å²) in [7, 11) is 1.44. The van der Waals surface area contributed by atoms with Gasteiger partial charge in [0.15, 0.2) is 0 Å². The van der Waals surface area contributed by atoms with E-state index in [9.17, 15) is 4.79 Å². The summed E-state index contributed by atoms with van der Waals surface area (Å²) in [6.07, 6.45) is 2.85. The highest BCUT2D eigenvalue weighted by atomic mass is 35.5. The van der Waals surface area contributed by atoms with Gasteiger partial charge in [0.05, 0.1) is 13.0 Å². The molecule has 0 bridgehead atoms. The summed E-state index contributed by atoms with van der Waals surface area (Å²) in [5, 5.41) is 0.679. The molecule has 0 spiro atoms. The molecule has 1 aliphatic rings. The molecule has 0 saturated carbocycles. The number of carbonyl (C=O) groups is 1. The summed E-state index contributed by atoms with van der Waals surface area (Å²) in [5.74, 6) is 0.146. The van der Waals surface area contributed by atoms with Crippen LogP contribution in [0.4, 0.5) is 0 Å². The van der Waals surface area contributed by atoms with Gasteiger partial charge in [0.2, 0.25) is 0 Å². The van der Waals surface area contributed by atoms with Crippen molar-refractivity contribution in [2.75, 3.05) is 20.3 Å². The van der Waals surface area contributed by atoms with E-state index < -0.39 is 0 Å². The van der Waals surface area contributed by atoms with Crippen LogP contribution in [0.25, 0.3) is 0 Å². The number of methoxy groups -OCH3 is 1. The minimum Gasteiger partial charge on any atom is -0.469 e. The molecule has 0 aliphatic carbocycles. The fraction of sp³-hybridized carbons (Fsp3) is 0.533. The van der Waals surface area contributed by atoms with E-state index in [1.165, 1.54) is 7.11 Å². The van der Waals surface area contributed by atoms with Gasteiger partial charge in [0, 0.05) is 18.2 Å². The van der Waals surface area contributed by atoms with Crippen LogP contribution in [0.15, 0.2) is 24.3 Å². The van der Waals surface area contributed by atoms with Gasteiger partial charge in [0.25, 0.3) is 0 Å². The van der Waals surface area contributed by atoms with E-state index >= 15 is 0 Å². The van der Waals surface area contributed by atoms with E-state index in [0.29, 0.717) is 10.9 Å². The zero-order chi connectivity index (χ0) is 13.7. The van der Waals surface area contributed by atoms with Gasteiger partial charge in [-0.1, -0.05) is 23.7 Å². The van der Waals surface area contributed by atoms with Crippen molar-refractivity contribution in [1.82, 2.24) is 0 Å². The van der Waals surface area contributed by atoms with Gasteiger partial charge in [-0.15, -0.1) is 0 Å². The van der Waals surface area contributed by atoms with Crippen molar-refractivity contribution < 1.29 is 14.3 Å². The second kappa shape index (κ2) is 6.92. The van der Waals surface area contributed by atoms with Crippen LogP contribution in [0, 0.1) is 5.92 Å². The van der Waals surface area contributed by atoms with Gasteiger partial charge < -0.3 is 9.47 Å². The van der Waals surface area contributed by atoms with Crippen LogP contribution >= 0.6 is 11.6 Å². The average Bonchev–Trinajstić information content (AvgIpc) is 2.46. The molecule has 1 aliphatic heterocycles. The zero-order valence-electron chi connectivity index (χ0n) is 11.1. The van der Waals surface area contributed by atoms with Gasteiger partial charge in [-0.05, 0) is 42.9 Å². The van der Waals surface area contributed by atoms with Crippen LogP contribution in [0.5, 0.6) is 0 Å². The molecule has 1 aromatic carbocycles. The fourth-order valence-corrected chi connectivity index (χ4v) is 2.65. The summed E-state index contributed by atoms with van der Waals surface area (Å²) in [6, 6.07) is 7.44. The number of carbonyl (C=O) groups excluding carboxylic acids is 1. The van der Waals surface area contributed by atoms with Gasteiger partial charge in [-0.3, -0.25) is 4.79 Å². The first-order valence-corrected chi connectivity index (χ1v) is 6.99. The quantitative estimate of drug-likeness (QED) is 0.794. The minimum absolute atomic E-state index is 0.172. The van der Waals surface area contributed by atoms with Crippen molar-refractivity contribution >= 4 is 17.6 Å². The summed E-state index contributed by atoms with van der Waals surface area (Å²) in [6.45, 7) is 1.58. The lowest BCUT2D eigenvalue weighted by molar-refractivity contribution is -0.143. The average molecular weight is 283 g/mol. The summed E-state index contributed by atoms with van der Waals surface area (Å²) >= 11 is 5.89. The Labute approximate surface area is 118 Å². The lowest BCUT2D eigenvalue weighted by atomic mass is 9.85. The molecule has 19 heavy (non-hydrogen) atoms. The fourth-order valence-electron chi connectivity index (χ4n) is 2.52. The molecule has 0 aromatic heterocycles. The maximum atomic E-state index is 12.0. The Kier molecular flexibility index (Phi) is 5.23. The van der Waals surface area contributed by atoms with Crippen LogP contribution < -0.4 is 0 Å². The second-order valence-corrected chi connectivity index (χ2v) is 5.36. The maximum absolute atomic E-state index is 12.0. The molecule has 3 nitrogen and oxygen atoms in total. The van der Waals surface area contributed by atoms with Gasteiger partial charge in [-0.25, -0.2) is 0 Å². The van der Waals surface area contributed by atoms with Crippen LogP contribution in [0.1, 0.15) is 30.7 Å². The monoisotopic (exact) mass is 282 g/mol. The molecule has 1 aromatic rings. The summed E-state index contributed by atoms with van der Waals surface area (Å²) in [5.41, 5.74) is 0.975. The highest BCUT2D eigenvalue weighted by Crippen LogP contribution is 2.30. The highest BCUT2D eigenvalue weighted by Gasteiger charge is 2.26. The Bertz CT molecular complexity index is 410. The Morgan fingerprint density at radius 1 is 1.37 bits per heavy atom. The van der Waals surface area contributed by atoms with Gasteiger partial charge >= 0.3 is 5.97 Å². The van der Waals surface area contributed by atoms with E-state index in [-0.39, 0.29) is 11.9 Å². The molecular weight excluding hydrogens is 264 g/mol. The first-order chi connectivity index (χ1) is 9.20. The van der Waals surface area contributed by atoms with E-state index in [1.54, 1.807) is 0 Å². The number of benzene rings is 1. The third kappa shape index (κ3) is 3.95. The normalized spacial score (nSPS) is 18.0. The Hall–Kier alpha value is -1.06. The van der Waals surface area contributed by atoms with Gasteiger partial charge in [0.1, 0.15) is 0 Å². The van der Waals surface area contributed by atoms with E-state index in [4.69, 9.17) is 21.1 Å². The van der Waals surface area contributed by atoms with Crippen molar-refractivity contribution in [3.8, 4) is 0 Å². The van der Waals surface area contributed by atoms with Crippen LogP contribution in [-0.2, 0) is 14.3 Å². The molecular formula is C15H19ClO3. The van der Waals surface area contributed by atoms with E-state index in [1.807, 2.05) is 24.3 Å². The van der Waals surface area contributed by atoms with E-state index in [0.717, 1.165) is 38.0 Å². The molecule has 1 saturated heterocycles.